The molecule has 1 saturated heterocycles. The van der Waals surface area contributed by atoms with Crippen molar-refractivity contribution in [2.24, 2.45) is 0 Å². The Morgan fingerprint density at radius 3 is 2.81 bits per heavy atom. The maximum absolute atomic E-state index is 11.1. The summed E-state index contributed by atoms with van der Waals surface area (Å²) in [4.78, 5) is 23.9. The summed E-state index contributed by atoms with van der Waals surface area (Å²) >= 11 is 0. The van der Waals surface area contributed by atoms with Crippen LogP contribution in [0.25, 0.3) is 0 Å². The number of hydrogen-bond acceptors (Lipinski definition) is 6. The van der Waals surface area contributed by atoms with Gasteiger partial charge in [-0.1, -0.05) is 12.1 Å². The third-order valence-electron chi connectivity index (χ3n) is 5.21. The lowest BCUT2D eigenvalue weighted by molar-refractivity contribution is 0.0690. The summed E-state index contributed by atoms with van der Waals surface area (Å²) in [5.41, 5.74) is 2.59. The van der Waals surface area contributed by atoms with Crippen molar-refractivity contribution in [3.8, 4) is 5.75 Å². The number of nitrogens with zero attached hydrogens (tertiary/aromatic N) is 4. The molecule has 1 N–H and O–H groups in total. The molecule has 1 aromatic carbocycles. The molecule has 4 rings (SSSR count). The third-order valence-corrected chi connectivity index (χ3v) is 5.21. The molecule has 1 fully saturated rings. The number of hydrogen-bond donors (Lipinski definition) is 1. The van der Waals surface area contributed by atoms with Gasteiger partial charge in [0.2, 0.25) is 5.95 Å². The van der Waals surface area contributed by atoms with Crippen LogP contribution < -0.4 is 9.64 Å². The number of aromatic carboxylic acids is 1. The van der Waals surface area contributed by atoms with Gasteiger partial charge in [0, 0.05) is 44.8 Å². The van der Waals surface area contributed by atoms with Gasteiger partial charge in [-0.2, -0.15) is 0 Å². The molecule has 0 saturated carbocycles. The molecule has 7 heteroatoms. The van der Waals surface area contributed by atoms with E-state index in [2.05, 4.69) is 40.0 Å². The summed E-state index contributed by atoms with van der Waals surface area (Å²) in [7, 11) is 0. The minimum atomic E-state index is -1.03. The van der Waals surface area contributed by atoms with Crippen LogP contribution in [0.4, 0.5) is 5.95 Å². The number of rotatable bonds is 4. The predicted molar refractivity (Wildman–Crippen MR) is 96.8 cm³/mol. The molecule has 0 amide bonds. The quantitative estimate of drug-likeness (QED) is 0.899. The Kier molecular flexibility index (Phi) is 4.46. The van der Waals surface area contributed by atoms with Crippen molar-refractivity contribution >= 4 is 11.9 Å². The van der Waals surface area contributed by atoms with Crippen LogP contribution in [0.15, 0.2) is 30.5 Å². The highest BCUT2D eigenvalue weighted by molar-refractivity contribution is 5.85. The van der Waals surface area contributed by atoms with Crippen LogP contribution in [0.5, 0.6) is 5.75 Å². The maximum atomic E-state index is 11.1. The van der Waals surface area contributed by atoms with E-state index in [1.165, 1.54) is 23.4 Å². The van der Waals surface area contributed by atoms with Crippen molar-refractivity contribution in [2.45, 2.75) is 19.4 Å². The predicted octanol–water partition coefficient (Wildman–Crippen LogP) is 1.99. The van der Waals surface area contributed by atoms with Crippen LogP contribution in [0, 0.1) is 0 Å². The second-order valence-electron chi connectivity index (χ2n) is 6.71. The van der Waals surface area contributed by atoms with Crippen LogP contribution in [0.2, 0.25) is 0 Å². The van der Waals surface area contributed by atoms with Gasteiger partial charge in [-0.3, -0.25) is 4.90 Å². The molecule has 1 atom stereocenters. The van der Waals surface area contributed by atoms with Gasteiger partial charge < -0.3 is 14.7 Å². The van der Waals surface area contributed by atoms with Gasteiger partial charge in [-0.25, -0.2) is 14.8 Å². The molecular formula is C19H22N4O3. The van der Waals surface area contributed by atoms with E-state index in [0.29, 0.717) is 12.0 Å². The summed E-state index contributed by atoms with van der Waals surface area (Å²) in [6, 6.07) is 8.26. The number of fused-ring (bicyclic) bond motifs is 1. The first-order valence-electron chi connectivity index (χ1n) is 8.93. The Morgan fingerprint density at radius 1 is 1.23 bits per heavy atom. The van der Waals surface area contributed by atoms with Gasteiger partial charge in [0.25, 0.3) is 0 Å². The van der Waals surface area contributed by atoms with Crippen molar-refractivity contribution in [3.05, 3.63) is 47.3 Å². The zero-order valence-electron chi connectivity index (χ0n) is 14.8. The minimum Gasteiger partial charge on any atom is -0.493 e. The lowest BCUT2D eigenvalue weighted by Gasteiger charge is -2.38. The standard InChI is InChI=1S/C19H22N4O3/c1-13(15-3-2-14-5-11-26-17(14)12-15)22-7-9-23(10-8-22)19-20-6-4-16(21-19)18(24)25/h2-4,6,12-13H,5,7-11H2,1H3,(H,24,25). The Bertz CT molecular complexity index is 818. The number of carbonyl (C=O) groups is 1. The van der Waals surface area contributed by atoms with E-state index in [9.17, 15) is 4.79 Å². The normalized spacial score (nSPS) is 18.3. The maximum Gasteiger partial charge on any atom is 0.354 e. The zero-order chi connectivity index (χ0) is 18.1. The number of anilines is 1. The fourth-order valence-corrected chi connectivity index (χ4v) is 3.58. The summed E-state index contributed by atoms with van der Waals surface area (Å²) < 4.78 is 5.69. The summed E-state index contributed by atoms with van der Waals surface area (Å²) in [5.74, 6) is 0.481. The second-order valence-corrected chi connectivity index (χ2v) is 6.71. The van der Waals surface area contributed by atoms with Crippen molar-refractivity contribution in [3.63, 3.8) is 0 Å². The van der Waals surface area contributed by atoms with E-state index in [1.807, 2.05) is 4.90 Å². The number of carboxylic acid groups (broad SMARTS) is 1. The van der Waals surface area contributed by atoms with Gasteiger partial charge in [0.1, 0.15) is 5.75 Å². The van der Waals surface area contributed by atoms with E-state index in [1.54, 1.807) is 0 Å². The molecule has 3 heterocycles. The van der Waals surface area contributed by atoms with Crippen LogP contribution in [0.1, 0.15) is 34.6 Å². The topological polar surface area (TPSA) is 78.8 Å². The molecular weight excluding hydrogens is 332 g/mol. The molecule has 2 aromatic rings. The summed E-state index contributed by atoms with van der Waals surface area (Å²) in [5, 5.41) is 9.09. The molecule has 26 heavy (non-hydrogen) atoms. The Hall–Kier alpha value is -2.67. The van der Waals surface area contributed by atoms with Crippen molar-refractivity contribution in [1.82, 2.24) is 14.9 Å². The van der Waals surface area contributed by atoms with Gasteiger partial charge in [-0.05, 0) is 30.2 Å². The van der Waals surface area contributed by atoms with Crippen LogP contribution >= 0.6 is 0 Å². The first-order chi connectivity index (χ1) is 12.6. The highest BCUT2D eigenvalue weighted by Crippen LogP contribution is 2.31. The lowest BCUT2D eigenvalue weighted by atomic mass is 10.0. The van der Waals surface area contributed by atoms with Crippen molar-refractivity contribution < 1.29 is 14.6 Å². The highest BCUT2D eigenvalue weighted by atomic mass is 16.5. The number of aromatic nitrogens is 2. The SMILES string of the molecule is CC(c1ccc2c(c1)OCC2)N1CCN(c2nccc(C(=O)O)n2)CC1. The van der Waals surface area contributed by atoms with Crippen LogP contribution in [-0.2, 0) is 6.42 Å². The molecule has 0 bridgehead atoms. The highest BCUT2D eigenvalue weighted by Gasteiger charge is 2.25. The van der Waals surface area contributed by atoms with E-state index in [0.717, 1.165) is 45.0 Å². The molecule has 0 radical (unpaired) electrons. The largest absolute Gasteiger partial charge is 0.493 e. The molecule has 0 aliphatic carbocycles. The molecule has 0 spiro atoms. The van der Waals surface area contributed by atoms with E-state index in [-0.39, 0.29) is 5.69 Å². The first kappa shape index (κ1) is 16.8. The average molecular weight is 354 g/mol. The molecule has 1 aromatic heterocycles. The van der Waals surface area contributed by atoms with Gasteiger partial charge in [0.05, 0.1) is 6.61 Å². The van der Waals surface area contributed by atoms with E-state index < -0.39 is 5.97 Å². The second kappa shape index (κ2) is 6.92. The number of benzene rings is 1. The van der Waals surface area contributed by atoms with Crippen LogP contribution in [0.3, 0.4) is 0 Å². The minimum absolute atomic E-state index is 0.0314. The van der Waals surface area contributed by atoms with E-state index in [4.69, 9.17) is 9.84 Å². The lowest BCUT2D eigenvalue weighted by Crippen LogP contribution is -2.47. The fraction of sp³-hybridized carbons (Fsp3) is 0.421. The van der Waals surface area contributed by atoms with Crippen molar-refractivity contribution in [1.29, 1.82) is 0 Å². The zero-order valence-corrected chi connectivity index (χ0v) is 14.8. The molecule has 7 nitrogen and oxygen atoms in total. The number of piperazine rings is 1. The molecule has 136 valence electrons. The van der Waals surface area contributed by atoms with Gasteiger partial charge in [-0.15, -0.1) is 0 Å². The smallest absolute Gasteiger partial charge is 0.354 e. The first-order valence-corrected chi connectivity index (χ1v) is 8.93. The number of carboxylic acids is 1. The third kappa shape index (κ3) is 3.22. The van der Waals surface area contributed by atoms with E-state index >= 15 is 0 Å². The molecule has 2 aliphatic heterocycles. The van der Waals surface area contributed by atoms with Crippen LogP contribution in [-0.4, -0.2) is 58.7 Å². The molecule has 2 aliphatic rings. The van der Waals surface area contributed by atoms with Gasteiger partial charge >= 0.3 is 5.97 Å². The fourth-order valence-electron chi connectivity index (χ4n) is 3.58. The Balaban J connectivity index is 1.42. The van der Waals surface area contributed by atoms with Crippen molar-refractivity contribution in [2.75, 3.05) is 37.7 Å². The summed E-state index contributed by atoms with van der Waals surface area (Å²) in [6.45, 7) is 6.29. The number of ether oxygens (including phenoxy) is 1. The summed E-state index contributed by atoms with van der Waals surface area (Å²) in [6.07, 6.45) is 2.50. The Morgan fingerprint density at radius 2 is 2.04 bits per heavy atom. The van der Waals surface area contributed by atoms with Gasteiger partial charge in [0.15, 0.2) is 5.69 Å². The molecule has 1 unspecified atom stereocenters. The Labute approximate surface area is 152 Å². The monoisotopic (exact) mass is 354 g/mol. The average Bonchev–Trinajstić information content (AvgIpc) is 3.15.